The second-order valence-corrected chi connectivity index (χ2v) is 4.04. The van der Waals surface area contributed by atoms with Gasteiger partial charge in [0.25, 0.3) is 0 Å². The number of nitrogens with zero attached hydrogens (tertiary/aromatic N) is 1. The quantitative estimate of drug-likeness (QED) is 0.666. The lowest BCUT2D eigenvalue weighted by Crippen LogP contribution is -1.73. The van der Waals surface area contributed by atoms with Gasteiger partial charge in [-0.1, -0.05) is 0 Å². The Morgan fingerprint density at radius 2 is 2.20 bits per heavy atom. The number of aromatic nitrogens is 2. The molecule has 2 heterocycles. The van der Waals surface area contributed by atoms with Crippen molar-refractivity contribution < 1.29 is 4.39 Å². The summed E-state index contributed by atoms with van der Waals surface area (Å²) in [4.78, 5) is 7.48. The third kappa shape index (κ3) is 1.43. The molecule has 0 aliphatic rings. The number of fused-ring (bicyclic) bond motifs is 1. The highest BCUT2D eigenvalue weighted by molar-refractivity contribution is 7.08. The van der Waals surface area contributed by atoms with E-state index in [1.54, 1.807) is 17.4 Å². The molecule has 1 aromatic carbocycles. The molecular weight excluding hydrogens is 211 g/mol. The van der Waals surface area contributed by atoms with E-state index in [0.717, 1.165) is 22.4 Å². The molecular formula is C11H7FN2S. The van der Waals surface area contributed by atoms with Crippen LogP contribution in [-0.4, -0.2) is 9.97 Å². The number of benzene rings is 1. The van der Waals surface area contributed by atoms with Crippen LogP contribution in [0.4, 0.5) is 4.39 Å². The molecule has 0 atom stereocenters. The topological polar surface area (TPSA) is 28.7 Å². The molecule has 0 aliphatic heterocycles. The van der Waals surface area contributed by atoms with Gasteiger partial charge in [-0.25, -0.2) is 9.37 Å². The Morgan fingerprint density at radius 1 is 1.27 bits per heavy atom. The third-order valence-electron chi connectivity index (χ3n) is 2.24. The van der Waals surface area contributed by atoms with Crippen molar-refractivity contribution in [1.82, 2.24) is 9.97 Å². The predicted molar refractivity (Wildman–Crippen MR) is 59.4 cm³/mol. The first kappa shape index (κ1) is 8.61. The molecule has 3 aromatic rings. The van der Waals surface area contributed by atoms with E-state index < -0.39 is 0 Å². The van der Waals surface area contributed by atoms with E-state index in [1.165, 1.54) is 12.1 Å². The highest BCUT2D eigenvalue weighted by Gasteiger charge is 2.05. The zero-order chi connectivity index (χ0) is 10.3. The zero-order valence-corrected chi connectivity index (χ0v) is 8.51. The number of aromatic amines is 1. The lowest BCUT2D eigenvalue weighted by atomic mass is 10.3. The molecule has 0 spiro atoms. The number of H-pyrrole nitrogens is 1. The first-order valence-electron chi connectivity index (χ1n) is 4.51. The Bertz CT molecular complexity index is 598. The molecule has 0 amide bonds. The van der Waals surface area contributed by atoms with Crippen molar-refractivity contribution in [3.63, 3.8) is 0 Å². The number of imidazole rings is 1. The molecule has 4 heteroatoms. The lowest BCUT2D eigenvalue weighted by Gasteiger charge is -1.87. The molecule has 0 fully saturated rings. The first-order chi connectivity index (χ1) is 7.33. The van der Waals surface area contributed by atoms with Crippen molar-refractivity contribution in [3.05, 3.63) is 40.8 Å². The van der Waals surface area contributed by atoms with Crippen molar-refractivity contribution in [2.75, 3.05) is 0 Å². The maximum atomic E-state index is 12.9. The fourth-order valence-electron chi connectivity index (χ4n) is 1.52. The van der Waals surface area contributed by atoms with Gasteiger partial charge in [0.1, 0.15) is 11.6 Å². The van der Waals surface area contributed by atoms with Gasteiger partial charge in [-0.3, -0.25) is 0 Å². The van der Waals surface area contributed by atoms with Gasteiger partial charge in [0.05, 0.1) is 11.0 Å². The normalized spacial score (nSPS) is 11.0. The number of hydrogen-bond donors (Lipinski definition) is 1. The Balaban J connectivity index is 2.22. The SMILES string of the molecule is Fc1ccc2nc(-c3ccsc3)[nH]c2c1. The number of rotatable bonds is 1. The van der Waals surface area contributed by atoms with Gasteiger partial charge in [-0.05, 0) is 29.6 Å². The summed E-state index contributed by atoms with van der Waals surface area (Å²) in [5.41, 5.74) is 2.56. The fourth-order valence-corrected chi connectivity index (χ4v) is 2.16. The molecule has 0 saturated heterocycles. The Morgan fingerprint density at radius 3 is 3.00 bits per heavy atom. The Hall–Kier alpha value is -1.68. The minimum absolute atomic E-state index is 0.247. The second kappa shape index (κ2) is 3.17. The predicted octanol–water partition coefficient (Wildman–Crippen LogP) is 3.43. The van der Waals surface area contributed by atoms with E-state index in [9.17, 15) is 4.39 Å². The van der Waals surface area contributed by atoms with Crippen molar-refractivity contribution in [3.8, 4) is 11.4 Å². The monoisotopic (exact) mass is 218 g/mol. The number of halogens is 1. The van der Waals surface area contributed by atoms with Crippen LogP contribution in [0, 0.1) is 5.82 Å². The van der Waals surface area contributed by atoms with Crippen LogP contribution in [-0.2, 0) is 0 Å². The van der Waals surface area contributed by atoms with Crippen LogP contribution in [0.25, 0.3) is 22.4 Å². The van der Waals surface area contributed by atoms with Crippen molar-refractivity contribution in [2.45, 2.75) is 0 Å². The summed E-state index contributed by atoms with van der Waals surface area (Å²) in [7, 11) is 0. The van der Waals surface area contributed by atoms with Crippen LogP contribution < -0.4 is 0 Å². The molecule has 1 N–H and O–H groups in total. The van der Waals surface area contributed by atoms with Crippen LogP contribution in [0.5, 0.6) is 0 Å². The molecule has 2 nitrogen and oxygen atoms in total. The largest absolute Gasteiger partial charge is 0.338 e. The average Bonchev–Trinajstić information content (AvgIpc) is 2.84. The summed E-state index contributed by atoms with van der Waals surface area (Å²) < 4.78 is 12.9. The van der Waals surface area contributed by atoms with E-state index in [0.29, 0.717) is 0 Å². The highest BCUT2D eigenvalue weighted by atomic mass is 32.1. The molecule has 74 valence electrons. The zero-order valence-electron chi connectivity index (χ0n) is 7.70. The van der Waals surface area contributed by atoms with Crippen LogP contribution in [0.1, 0.15) is 0 Å². The van der Waals surface area contributed by atoms with Crippen LogP contribution in [0.2, 0.25) is 0 Å². The average molecular weight is 218 g/mol. The van der Waals surface area contributed by atoms with Crippen molar-refractivity contribution in [1.29, 1.82) is 0 Å². The van der Waals surface area contributed by atoms with Crippen LogP contribution in [0.15, 0.2) is 35.0 Å². The van der Waals surface area contributed by atoms with E-state index in [4.69, 9.17) is 0 Å². The van der Waals surface area contributed by atoms with E-state index in [2.05, 4.69) is 9.97 Å². The summed E-state index contributed by atoms with van der Waals surface area (Å²) in [6, 6.07) is 6.54. The minimum Gasteiger partial charge on any atom is -0.338 e. The van der Waals surface area contributed by atoms with Crippen molar-refractivity contribution >= 4 is 22.4 Å². The number of nitrogens with one attached hydrogen (secondary N) is 1. The standard InChI is InChI=1S/C11H7FN2S/c12-8-1-2-9-10(5-8)14-11(13-9)7-3-4-15-6-7/h1-6H,(H,13,14). The van der Waals surface area contributed by atoms with Gasteiger partial charge in [-0.15, -0.1) is 0 Å². The number of hydrogen-bond acceptors (Lipinski definition) is 2. The van der Waals surface area contributed by atoms with E-state index in [-0.39, 0.29) is 5.82 Å². The van der Waals surface area contributed by atoms with Gasteiger partial charge >= 0.3 is 0 Å². The maximum Gasteiger partial charge on any atom is 0.139 e. The van der Waals surface area contributed by atoms with E-state index in [1.807, 2.05) is 16.8 Å². The van der Waals surface area contributed by atoms with Gasteiger partial charge in [-0.2, -0.15) is 11.3 Å². The summed E-state index contributed by atoms with van der Waals surface area (Å²) in [6.45, 7) is 0. The Labute approximate surface area is 89.4 Å². The minimum atomic E-state index is -0.247. The molecule has 0 saturated carbocycles. The van der Waals surface area contributed by atoms with Crippen LogP contribution in [0.3, 0.4) is 0 Å². The fraction of sp³-hybridized carbons (Fsp3) is 0. The number of thiophene rings is 1. The lowest BCUT2D eigenvalue weighted by molar-refractivity contribution is 0.629. The summed E-state index contributed by atoms with van der Waals surface area (Å²) in [6.07, 6.45) is 0. The molecule has 0 unspecified atom stereocenters. The van der Waals surface area contributed by atoms with Gasteiger partial charge in [0, 0.05) is 10.9 Å². The molecule has 15 heavy (non-hydrogen) atoms. The Kier molecular flexibility index (Phi) is 1.82. The molecule has 0 aliphatic carbocycles. The highest BCUT2D eigenvalue weighted by Crippen LogP contribution is 2.22. The molecule has 3 rings (SSSR count). The third-order valence-corrected chi connectivity index (χ3v) is 2.92. The van der Waals surface area contributed by atoms with Crippen LogP contribution >= 0.6 is 11.3 Å². The molecule has 2 aromatic heterocycles. The van der Waals surface area contributed by atoms with Crippen molar-refractivity contribution in [2.24, 2.45) is 0 Å². The van der Waals surface area contributed by atoms with Gasteiger partial charge in [0.2, 0.25) is 0 Å². The van der Waals surface area contributed by atoms with Gasteiger partial charge < -0.3 is 4.98 Å². The van der Waals surface area contributed by atoms with Gasteiger partial charge in [0.15, 0.2) is 0 Å². The smallest absolute Gasteiger partial charge is 0.139 e. The molecule has 0 radical (unpaired) electrons. The maximum absolute atomic E-state index is 12.9. The summed E-state index contributed by atoms with van der Waals surface area (Å²) >= 11 is 1.61. The van der Waals surface area contributed by atoms with E-state index >= 15 is 0 Å². The summed E-state index contributed by atoms with van der Waals surface area (Å²) in [5.74, 6) is 0.542. The summed E-state index contributed by atoms with van der Waals surface area (Å²) in [5, 5.41) is 4.00. The first-order valence-corrected chi connectivity index (χ1v) is 5.45. The molecule has 0 bridgehead atoms. The second-order valence-electron chi connectivity index (χ2n) is 3.26.